The predicted molar refractivity (Wildman–Crippen MR) is 28.8 cm³/mol. The number of hydrogen-bond acceptors (Lipinski definition) is 1. The Bertz CT molecular complexity index is 80.2. The molecule has 0 bridgehead atoms. The van der Waals surface area contributed by atoms with Crippen molar-refractivity contribution in [2.24, 2.45) is 17.6 Å². The number of hydrogen-bond donors (Lipinski definition) is 1. The van der Waals surface area contributed by atoms with Gasteiger partial charge >= 0.3 is 0 Å². The van der Waals surface area contributed by atoms with E-state index in [2.05, 4.69) is 0 Å². The van der Waals surface area contributed by atoms with E-state index in [4.69, 9.17) is 5.73 Å². The third-order valence-electron chi connectivity index (χ3n) is 2.28. The maximum Gasteiger partial charge on any atom is 0.00443 e. The summed E-state index contributed by atoms with van der Waals surface area (Å²) in [7, 11) is 0. The van der Waals surface area contributed by atoms with E-state index in [1.165, 1.54) is 19.3 Å². The van der Waals surface area contributed by atoms with Crippen LogP contribution in [-0.2, 0) is 0 Å². The van der Waals surface area contributed by atoms with Gasteiger partial charge in [-0.15, -0.1) is 0 Å². The van der Waals surface area contributed by atoms with E-state index in [0.717, 1.165) is 11.8 Å². The maximum absolute atomic E-state index is 5.66. The smallest absolute Gasteiger partial charge is 0.00443 e. The standard InChI is InChI=1S/C6H11N/c7-6-2-4-1-5(4)3-6/h4-6H,1-3,7H2/t4-,5+,6+. The fraction of sp³-hybridized carbons (Fsp3) is 1.00. The third kappa shape index (κ3) is 0.480. The first-order valence-corrected chi connectivity index (χ1v) is 3.12. The first-order valence-electron chi connectivity index (χ1n) is 3.12. The Balaban J connectivity index is 2.02. The Morgan fingerprint density at radius 1 is 1.00 bits per heavy atom. The van der Waals surface area contributed by atoms with Gasteiger partial charge in [0.2, 0.25) is 0 Å². The minimum Gasteiger partial charge on any atom is -0.328 e. The van der Waals surface area contributed by atoms with Gasteiger partial charge in [0.25, 0.3) is 0 Å². The summed E-state index contributed by atoms with van der Waals surface area (Å²) in [6, 6.07) is 0.573. The van der Waals surface area contributed by atoms with Gasteiger partial charge in [-0.2, -0.15) is 0 Å². The van der Waals surface area contributed by atoms with Crippen LogP contribution in [0.25, 0.3) is 0 Å². The van der Waals surface area contributed by atoms with Crippen LogP contribution >= 0.6 is 0 Å². The van der Waals surface area contributed by atoms with E-state index in [0.29, 0.717) is 6.04 Å². The van der Waals surface area contributed by atoms with Crippen molar-refractivity contribution < 1.29 is 0 Å². The van der Waals surface area contributed by atoms with Gasteiger partial charge in [-0.05, 0) is 31.1 Å². The summed E-state index contributed by atoms with van der Waals surface area (Å²) in [5.74, 6) is 2.13. The van der Waals surface area contributed by atoms with Crippen LogP contribution in [0.3, 0.4) is 0 Å². The first-order chi connectivity index (χ1) is 3.36. The van der Waals surface area contributed by atoms with Gasteiger partial charge < -0.3 is 5.73 Å². The highest BCUT2D eigenvalue weighted by Gasteiger charge is 2.44. The van der Waals surface area contributed by atoms with E-state index in [1.807, 2.05) is 0 Å². The van der Waals surface area contributed by atoms with E-state index >= 15 is 0 Å². The van der Waals surface area contributed by atoms with E-state index in [-0.39, 0.29) is 0 Å². The molecule has 0 aromatic rings. The molecule has 2 aliphatic rings. The molecule has 3 atom stereocenters. The van der Waals surface area contributed by atoms with E-state index < -0.39 is 0 Å². The minimum absolute atomic E-state index is 0.573. The Morgan fingerprint density at radius 3 is 1.86 bits per heavy atom. The molecule has 40 valence electrons. The Labute approximate surface area is 43.9 Å². The number of nitrogens with two attached hydrogens (primary N) is 1. The average molecular weight is 97.2 g/mol. The predicted octanol–water partition coefficient (Wildman–Crippen LogP) is 0.744. The van der Waals surface area contributed by atoms with Crippen LogP contribution in [0.15, 0.2) is 0 Å². The lowest BCUT2D eigenvalue weighted by atomic mass is 10.2. The second kappa shape index (κ2) is 1.03. The van der Waals surface area contributed by atoms with Crippen molar-refractivity contribution in [3.8, 4) is 0 Å². The molecule has 0 radical (unpaired) electrons. The van der Waals surface area contributed by atoms with Gasteiger partial charge in [0.05, 0.1) is 0 Å². The second-order valence-electron chi connectivity index (χ2n) is 2.99. The van der Waals surface area contributed by atoms with Gasteiger partial charge in [-0.25, -0.2) is 0 Å². The van der Waals surface area contributed by atoms with Crippen LogP contribution in [0.4, 0.5) is 0 Å². The Hall–Kier alpha value is -0.0400. The minimum atomic E-state index is 0.573. The van der Waals surface area contributed by atoms with Gasteiger partial charge in [-0.3, -0.25) is 0 Å². The topological polar surface area (TPSA) is 26.0 Å². The summed E-state index contributed by atoms with van der Waals surface area (Å²) in [6.45, 7) is 0. The van der Waals surface area contributed by atoms with Gasteiger partial charge in [0.15, 0.2) is 0 Å². The first kappa shape index (κ1) is 3.90. The molecular formula is C6H11N. The summed E-state index contributed by atoms with van der Waals surface area (Å²) < 4.78 is 0. The fourth-order valence-electron chi connectivity index (χ4n) is 1.76. The highest BCUT2D eigenvalue weighted by Crippen LogP contribution is 2.50. The number of fused-ring (bicyclic) bond motifs is 1. The highest BCUT2D eigenvalue weighted by molar-refractivity contribution is 4.97. The SMILES string of the molecule is N[C@@H]1C[C@@H]2C[C@@H]2C1. The van der Waals surface area contributed by atoms with Crippen LogP contribution < -0.4 is 5.73 Å². The summed E-state index contributed by atoms with van der Waals surface area (Å²) in [5, 5.41) is 0. The molecule has 2 aliphatic carbocycles. The van der Waals surface area contributed by atoms with Gasteiger partial charge in [0, 0.05) is 6.04 Å². The fourth-order valence-corrected chi connectivity index (χ4v) is 1.76. The molecule has 0 aromatic carbocycles. The zero-order valence-corrected chi connectivity index (χ0v) is 4.43. The van der Waals surface area contributed by atoms with Crippen molar-refractivity contribution in [3.63, 3.8) is 0 Å². The van der Waals surface area contributed by atoms with Crippen molar-refractivity contribution in [2.75, 3.05) is 0 Å². The molecule has 0 aliphatic heterocycles. The molecule has 0 spiro atoms. The van der Waals surface area contributed by atoms with Crippen molar-refractivity contribution in [2.45, 2.75) is 25.3 Å². The molecule has 2 N–H and O–H groups in total. The lowest BCUT2D eigenvalue weighted by Crippen LogP contribution is -2.16. The third-order valence-corrected chi connectivity index (χ3v) is 2.28. The molecule has 1 heteroatoms. The monoisotopic (exact) mass is 97.1 g/mol. The van der Waals surface area contributed by atoms with Crippen LogP contribution in [0.5, 0.6) is 0 Å². The molecule has 7 heavy (non-hydrogen) atoms. The lowest BCUT2D eigenvalue weighted by molar-refractivity contribution is 0.614. The zero-order chi connectivity index (χ0) is 4.85. The highest BCUT2D eigenvalue weighted by atomic mass is 14.7. The van der Waals surface area contributed by atoms with Crippen molar-refractivity contribution in [1.82, 2.24) is 0 Å². The molecule has 2 fully saturated rings. The molecule has 1 nitrogen and oxygen atoms in total. The largest absolute Gasteiger partial charge is 0.328 e. The molecule has 2 rings (SSSR count). The maximum atomic E-state index is 5.66. The molecule has 2 saturated carbocycles. The van der Waals surface area contributed by atoms with Gasteiger partial charge in [0.1, 0.15) is 0 Å². The normalized spacial score (nSPS) is 57.0. The van der Waals surface area contributed by atoms with Gasteiger partial charge in [-0.1, -0.05) is 0 Å². The molecule has 0 unspecified atom stereocenters. The Morgan fingerprint density at radius 2 is 1.57 bits per heavy atom. The zero-order valence-electron chi connectivity index (χ0n) is 4.43. The van der Waals surface area contributed by atoms with Crippen LogP contribution in [-0.4, -0.2) is 6.04 Å². The summed E-state index contributed by atoms with van der Waals surface area (Å²) in [6.07, 6.45) is 4.14. The number of rotatable bonds is 0. The van der Waals surface area contributed by atoms with Crippen molar-refractivity contribution in [3.05, 3.63) is 0 Å². The van der Waals surface area contributed by atoms with Crippen LogP contribution in [0.2, 0.25) is 0 Å². The molecular weight excluding hydrogens is 86.1 g/mol. The molecule has 0 aromatic heterocycles. The second-order valence-corrected chi connectivity index (χ2v) is 2.99. The van der Waals surface area contributed by atoms with E-state index in [1.54, 1.807) is 0 Å². The molecule has 0 heterocycles. The lowest BCUT2D eigenvalue weighted by Gasteiger charge is -1.99. The average Bonchev–Trinajstić information content (AvgIpc) is 2.15. The summed E-state index contributed by atoms with van der Waals surface area (Å²) in [5.41, 5.74) is 5.66. The molecule has 0 amide bonds. The van der Waals surface area contributed by atoms with E-state index in [9.17, 15) is 0 Å². The summed E-state index contributed by atoms with van der Waals surface area (Å²) >= 11 is 0. The summed E-state index contributed by atoms with van der Waals surface area (Å²) in [4.78, 5) is 0. The quantitative estimate of drug-likeness (QED) is 0.474. The van der Waals surface area contributed by atoms with Crippen molar-refractivity contribution in [1.29, 1.82) is 0 Å². The Kier molecular flexibility index (Phi) is 0.571. The molecule has 0 saturated heterocycles. The van der Waals surface area contributed by atoms with Crippen LogP contribution in [0.1, 0.15) is 19.3 Å². The van der Waals surface area contributed by atoms with Crippen molar-refractivity contribution >= 4 is 0 Å². The van der Waals surface area contributed by atoms with Crippen LogP contribution in [0, 0.1) is 11.8 Å².